The van der Waals surface area contributed by atoms with Gasteiger partial charge < -0.3 is 10.0 Å². The highest BCUT2D eigenvalue weighted by Crippen LogP contribution is 2.34. The molecule has 7 nitrogen and oxygen atoms in total. The Labute approximate surface area is 135 Å². The van der Waals surface area contributed by atoms with Crippen molar-refractivity contribution in [1.82, 2.24) is 20.0 Å². The molecular formula is C16H20N6O. The summed E-state index contributed by atoms with van der Waals surface area (Å²) >= 11 is 0. The quantitative estimate of drug-likeness (QED) is 0.924. The van der Waals surface area contributed by atoms with Crippen LogP contribution < -0.4 is 4.90 Å². The van der Waals surface area contributed by atoms with Crippen LogP contribution in [0.2, 0.25) is 0 Å². The van der Waals surface area contributed by atoms with Gasteiger partial charge in [0, 0.05) is 24.7 Å². The summed E-state index contributed by atoms with van der Waals surface area (Å²) < 4.78 is 1.74. The molecule has 0 spiro atoms. The van der Waals surface area contributed by atoms with Crippen LogP contribution in [0.4, 0.5) is 5.82 Å². The first kappa shape index (κ1) is 15.4. The summed E-state index contributed by atoms with van der Waals surface area (Å²) in [6, 6.07) is 5.95. The minimum Gasteiger partial charge on any atom is -0.381 e. The molecule has 0 aliphatic carbocycles. The van der Waals surface area contributed by atoms with Crippen LogP contribution in [0, 0.1) is 18.3 Å². The number of hydrogen-bond acceptors (Lipinski definition) is 6. The Bertz CT molecular complexity index is 762. The Kier molecular flexibility index (Phi) is 3.78. The van der Waals surface area contributed by atoms with E-state index in [-0.39, 0.29) is 6.04 Å². The van der Waals surface area contributed by atoms with Gasteiger partial charge >= 0.3 is 0 Å². The van der Waals surface area contributed by atoms with Crippen LogP contribution in [-0.2, 0) is 5.60 Å². The molecule has 120 valence electrons. The van der Waals surface area contributed by atoms with Crippen molar-refractivity contribution in [3.63, 3.8) is 0 Å². The van der Waals surface area contributed by atoms with E-state index in [2.05, 4.69) is 21.4 Å². The largest absolute Gasteiger partial charge is 0.381 e. The van der Waals surface area contributed by atoms with Crippen molar-refractivity contribution < 1.29 is 5.11 Å². The molecular weight excluding hydrogens is 292 g/mol. The van der Waals surface area contributed by atoms with E-state index in [1.807, 2.05) is 31.7 Å². The number of anilines is 1. The molecule has 1 atom stereocenters. The smallest absolute Gasteiger partial charge is 0.146 e. The topological polar surface area (TPSA) is 90.9 Å². The van der Waals surface area contributed by atoms with E-state index in [1.165, 1.54) is 0 Å². The van der Waals surface area contributed by atoms with Crippen LogP contribution in [0.15, 0.2) is 18.3 Å². The van der Waals surface area contributed by atoms with Crippen molar-refractivity contribution in [3.8, 4) is 6.07 Å². The minimum atomic E-state index is -1.06. The van der Waals surface area contributed by atoms with Gasteiger partial charge in [0.15, 0.2) is 0 Å². The van der Waals surface area contributed by atoms with Crippen LogP contribution in [0.25, 0.3) is 0 Å². The molecule has 1 aliphatic rings. The molecule has 0 radical (unpaired) electrons. The standard InChI is InChI=1S/C16H20N6O/c1-11(2)22-9-14(19-20-22)16(23)6-7-21(10-16)15-13(8-17)5-4-12(3)18-15/h4-5,9,11,23H,6-7,10H2,1-3H3/t16-/m1/s1. The number of rotatable bonds is 3. The summed E-state index contributed by atoms with van der Waals surface area (Å²) in [6.45, 7) is 6.89. The fraction of sp³-hybridized carbons (Fsp3) is 0.500. The number of β-amino-alcohol motifs (C(OH)–C–C–N with tert-alkyl or cyclic N) is 1. The predicted molar refractivity (Wildman–Crippen MR) is 84.8 cm³/mol. The summed E-state index contributed by atoms with van der Waals surface area (Å²) in [6.07, 6.45) is 2.33. The van der Waals surface area contributed by atoms with Gasteiger partial charge in [-0.1, -0.05) is 5.21 Å². The Morgan fingerprint density at radius 3 is 2.83 bits per heavy atom. The average Bonchev–Trinajstić information content (AvgIpc) is 3.15. The van der Waals surface area contributed by atoms with Crippen LogP contribution in [0.1, 0.15) is 43.3 Å². The summed E-state index contributed by atoms with van der Waals surface area (Å²) in [5.41, 5.74) is 0.872. The number of aromatic nitrogens is 4. The van der Waals surface area contributed by atoms with E-state index in [0.29, 0.717) is 36.6 Å². The summed E-state index contributed by atoms with van der Waals surface area (Å²) in [7, 11) is 0. The highest BCUT2D eigenvalue weighted by molar-refractivity contribution is 5.55. The lowest BCUT2D eigenvalue weighted by Gasteiger charge is -2.22. The maximum absolute atomic E-state index is 11.0. The van der Waals surface area contributed by atoms with Crippen molar-refractivity contribution >= 4 is 5.82 Å². The average molecular weight is 312 g/mol. The molecule has 0 bridgehead atoms. The normalized spacial score (nSPS) is 21.0. The van der Waals surface area contributed by atoms with E-state index in [1.54, 1.807) is 16.9 Å². The lowest BCUT2D eigenvalue weighted by atomic mass is 10.00. The Morgan fingerprint density at radius 2 is 2.17 bits per heavy atom. The highest BCUT2D eigenvalue weighted by Gasteiger charge is 2.41. The minimum absolute atomic E-state index is 0.195. The second kappa shape index (κ2) is 5.63. The van der Waals surface area contributed by atoms with E-state index < -0.39 is 5.60 Å². The molecule has 2 aromatic rings. The Balaban J connectivity index is 1.88. The van der Waals surface area contributed by atoms with Gasteiger partial charge in [-0.3, -0.25) is 0 Å². The molecule has 1 N–H and O–H groups in total. The molecule has 0 saturated carbocycles. The third-order valence-corrected chi connectivity index (χ3v) is 4.20. The summed E-state index contributed by atoms with van der Waals surface area (Å²) in [5, 5.41) is 28.4. The molecule has 2 aromatic heterocycles. The van der Waals surface area contributed by atoms with Crippen LogP contribution in [0.3, 0.4) is 0 Å². The summed E-state index contributed by atoms with van der Waals surface area (Å²) in [5.74, 6) is 0.625. The molecule has 1 saturated heterocycles. The molecule has 7 heteroatoms. The zero-order valence-electron chi connectivity index (χ0n) is 13.6. The number of aryl methyl sites for hydroxylation is 1. The first-order valence-corrected chi connectivity index (χ1v) is 7.70. The van der Waals surface area contributed by atoms with Gasteiger partial charge in [0.2, 0.25) is 0 Å². The second-order valence-corrected chi connectivity index (χ2v) is 6.32. The molecule has 1 fully saturated rings. The van der Waals surface area contributed by atoms with Gasteiger partial charge in [-0.15, -0.1) is 5.10 Å². The maximum Gasteiger partial charge on any atom is 0.146 e. The lowest BCUT2D eigenvalue weighted by Crippen LogP contribution is -2.32. The Morgan fingerprint density at radius 1 is 1.39 bits per heavy atom. The van der Waals surface area contributed by atoms with Gasteiger partial charge in [0.25, 0.3) is 0 Å². The van der Waals surface area contributed by atoms with Crippen LogP contribution >= 0.6 is 0 Å². The first-order chi connectivity index (χ1) is 10.9. The maximum atomic E-state index is 11.0. The van der Waals surface area contributed by atoms with E-state index in [9.17, 15) is 10.4 Å². The monoisotopic (exact) mass is 312 g/mol. The van der Waals surface area contributed by atoms with Gasteiger partial charge in [0.05, 0.1) is 18.3 Å². The van der Waals surface area contributed by atoms with Crippen LogP contribution in [-0.4, -0.2) is 38.2 Å². The summed E-state index contributed by atoms with van der Waals surface area (Å²) in [4.78, 5) is 6.41. The van der Waals surface area contributed by atoms with Crippen molar-refractivity contribution in [2.75, 3.05) is 18.0 Å². The second-order valence-electron chi connectivity index (χ2n) is 6.32. The third-order valence-electron chi connectivity index (χ3n) is 4.20. The number of hydrogen-bond donors (Lipinski definition) is 1. The first-order valence-electron chi connectivity index (χ1n) is 7.70. The van der Waals surface area contributed by atoms with Crippen molar-refractivity contribution in [1.29, 1.82) is 5.26 Å². The lowest BCUT2D eigenvalue weighted by molar-refractivity contribution is 0.0559. The van der Waals surface area contributed by atoms with Gasteiger partial charge in [0.1, 0.15) is 23.2 Å². The Hall–Kier alpha value is -2.46. The number of nitrogens with zero attached hydrogens (tertiary/aromatic N) is 6. The van der Waals surface area contributed by atoms with E-state index in [4.69, 9.17) is 0 Å². The van der Waals surface area contributed by atoms with Crippen molar-refractivity contribution in [3.05, 3.63) is 35.3 Å². The number of nitriles is 1. The predicted octanol–water partition coefficient (Wildman–Crippen LogP) is 1.53. The van der Waals surface area contributed by atoms with Crippen molar-refractivity contribution in [2.24, 2.45) is 0 Å². The molecule has 1 aliphatic heterocycles. The fourth-order valence-electron chi connectivity index (χ4n) is 2.80. The third kappa shape index (κ3) is 2.78. The SMILES string of the molecule is Cc1ccc(C#N)c(N2CC[C@](O)(c3cn(C(C)C)nn3)C2)n1. The zero-order valence-corrected chi connectivity index (χ0v) is 13.6. The number of pyridine rings is 1. The molecule has 3 rings (SSSR count). The van der Waals surface area contributed by atoms with Crippen LogP contribution in [0.5, 0.6) is 0 Å². The number of aliphatic hydroxyl groups is 1. The van der Waals surface area contributed by atoms with Gasteiger partial charge in [-0.25, -0.2) is 9.67 Å². The van der Waals surface area contributed by atoms with Crippen molar-refractivity contribution in [2.45, 2.75) is 38.8 Å². The van der Waals surface area contributed by atoms with Gasteiger partial charge in [-0.05, 0) is 32.9 Å². The van der Waals surface area contributed by atoms with E-state index in [0.717, 1.165) is 5.69 Å². The van der Waals surface area contributed by atoms with E-state index >= 15 is 0 Å². The molecule has 0 unspecified atom stereocenters. The molecule has 0 amide bonds. The fourth-order valence-corrected chi connectivity index (χ4v) is 2.80. The zero-order chi connectivity index (χ0) is 16.6. The molecule has 23 heavy (non-hydrogen) atoms. The molecule has 3 heterocycles. The highest BCUT2D eigenvalue weighted by atomic mass is 16.3. The molecule has 0 aromatic carbocycles. The van der Waals surface area contributed by atoms with Gasteiger partial charge in [-0.2, -0.15) is 5.26 Å².